The summed E-state index contributed by atoms with van der Waals surface area (Å²) in [6.07, 6.45) is 0.343. The molecule has 0 saturated heterocycles. The molecule has 4 aromatic rings. The molecule has 7 nitrogen and oxygen atoms in total. The Morgan fingerprint density at radius 3 is 2.15 bits per heavy atom. The standard InChI is InChI=1S/C25H24N4O3S/c1-31-21-12-8-18(9-13-21)24-27-28-25(29(24)20-6-4-3-5-7-20)33-17-16-23(30)26-19-10-14-22(32-2)15-11-19/h3-15H,16-17H2,1-2H3,(H,26,30). The van der Waals surface area contributed by atoms with E-state index in [1.807, 2.05) is 83.4 Å². The Kier molecular flexibility index (Phi) is 7.26. The zero-order chi connectivity index (χ0) is 23.0. The Bertz CT molecular complexity index is 1190. The van der Waals surface area contributed by atoms with Gasteiger partial charge in [0.15, 0.2) is 11.0 Å². The van der Waals surface area contributed by atoms with Gasteiger partial charge in [-0.25, -0.2) is 0 Å². The summed E-state index contributed by atoms with van der Waals surface area (Å²) >= 11 is 1.49. The SMILES string of the molecule is COc1ccc(NC(=O)CCSc2nnc(-c3ccc(OC)cc3)n2-c2ccccc2)cc1. The molecule has 0 aliphatic heterocycles. The zero-order valence-corrected chi connectivity index (χ0v) is 19.2. The normalized spacial score (nSPS) is 10.6. The number of rotatable bonds is 9. The Morgan fingerprint density at radius 1 is 0.879 bits per heavy atom. The number of amides is 1. The number of ether oxygens (including phenoxy) is 2. The first-order valence-corrected chi connectivity index (χ1v) is 11.4. The number of nitrogens with one attached hydrogen (secondary N) is 1. The molecule has 0 aliphatic carbocycles. The van der Waals surface area contributed by atoms with Crippen LogP contribution in [0, 0.1) is 0 Å². The number of benzene rings is 3. The molecular formula is C25H24N4O3S. The first-order valence-electron chi connectivity index (χ1n) is 10.4. The highest BCUT2D eigenvalue weighted by Crippen LogP contribution is 2.29. The summed E-state index contributed by atoms with van der Waals surface area (Å²) in [6.45, 7) is 0. The first-order chi connectivity index (χ1) is 16.2. The van der Waals surface area contributed by atoms with Gasteiger partial charge in [0.2, 0.25) is 5.91 Å². The van der Waals surface area contributed by atoms with E-state index in [4.69, 9.17) is 9.47 Å². The zero-order valence-electron chi connectivity index (χ0n) is 18.4. The summed E-state index contributed by atoms with van der Waals surface area (Å²) in [5.74, 6) is 2.76. The van der Waals surface area contributed by atoms with Crippen molar-refractivity contribution in [3.63, 3.8) is 0 Å². The number of thioether (sulfide) groups is 1. The van der Waals surface area contributed by atoms with Gasteiger partial charge in [-0.15, -0.1) is 10.2 Å². The average molecular weight is 461 g/mol. The molecule has 0 unspecified atom stereocenters. The Labute approximate surface area is 196 Å². The summed E-state index contributed by atoms with van der Waals surface area (Å²) in [4.78, 5) is 12.4. The lowest BCUT2D eigenvalue weighted by Crippen LogP contribution is -2.12. The van der Waals surface area contributed by atoms with Gasteiger partial charge in [0.25, 0.3) is 0 Å². The third-order valence-corrected chi connectivity index (χ3v) is 5.86. The molecule has 1 aromatic heterocycles. The Hall–Kier alpha value is -3.78. The van der Waals surface area contributed by atoms with Crippen LogP contribution >= 0.6 is 11.8 Å². The Balaban J connectivity index is 1.47. The minimum atomic E-state index is -0.0613. The van der Waals surface area contributed by atoms with Crippen LogP contribution < -0.4 is 14.8 Å². The number of para-hydroxylation sites is 1. The number of methoxy groups -OCH3 is 2. The smallest absolute Gasteiger partial charge is 0.225 e. The van der Waals surface area contributed by atoms with Crippen LogP contribution in [-0.2, 0) is 4.79 Å². The minimum Gasteiger partial charge on any atom is -0.497 e. The summed E-state index contributed by atoms with van der Waals surface area (Å²) in [5.41, 5.74) is 2.62. The van der Waals surface area contributed by atoms with E-state index < -0.39 is 0 Å². The van der Waals surface area contributed by atoms with E-state index in [2.05, 4.69) is 15.5 Å². The van der Waals surface area contributed by atoms with Crippen molar-refractivity contribution in [1.82, 2.24) is 14.8 Å². The topological polar surface area (TPSA) is 78.3 Å². The quantitative estimate of drug-likeness (QED) is 0.351. The molecule has 8 heteroatoms. The number of aromatic nitrogens is 3. The number of carbonyl (C=O) groups is 1. The largest absolute Gasteiger partial charge is 0.497 e. The van der Waals surface area contributed by atoms with Gasteiger partial charge >= 0.3 is 0 Å². The third-order valence-electron chi connectivity index (χ3n) is 4.93. The number of anilines is 1. The first kappa shape index (κ1) is 22.4. The van der Waals surface area contributed by atoms with E-state index >= 15 is 0 Å². The second-order valence-electron chi connectivity index (χ2n) is 7.08. The molecule has 1 heterocycles. The van der Waals surface area contributed by atoms with Crippen LogP contribution in [-0.4, -0.2) is 40.6 Å². The van der Waals surface area contributed by atoms with E-state index in [1.165, 1.54) is 11.8 Å². The number of carbonyl (C=O) groups excluding carboxylic acids is 1. The van der Waals surface area contributed by atoms with Crippen molar-refractivity contribution in [2.24, 2.45) is 0 Å². The van der Waals surface area contributed by atoms with Gasteiger partial charge in [-0.1, -0.05) is 30.0 Å². The lowest BCUT2D eigenvalue weighted by atomic mass is 10.2. The predicted octanol–water partition coefficient (Wildman–Crippen LogP) is 5.07. The molecule has 0 radical (unpaired) electrons. The van der Waals surface area contributed by atoms with E-state index in [1.54, 1.807) is 14.2 Å². The van der Waals surface area contributed by atoms with Crippen molar-refractivity contribution in [2.75, 3.05) is 25.3 Å². The van der Waals surface area contributed by atoms with Gasteiger partial charge < -0.3 is 14.8 Å². The van der Waals surface area contributed by atoms with Crippen LogP contribution in [0.15, 0.2) is 84.0 Å². The molecule has 0 aliphatic rings. The van der Waals surface area contributed by atoms with Crippen molar-refractivity contribution in [1.29, 1.82) is 0 Å². The van der Waals surface area contributed by atoms with E-state index in [-0.39, 0.29) is 5.91 Å². The molecule has 4 rings (SSSR count). The summed E-state index contributed by atoms with van der Waals surface area (Å²) < 4.78 is 12.4. The third kappa shape index (κ3) is 5.53. The van der Waals surface area contributed by atoms with Gasteiger partial charge in [-0.3, -0.25) is 9.36 Å². The van der Waals surface area contributed by atoms with Crippen molar-refractivity contribution < 1.29 is 14.3 Å². The van der Waals surface area contributed by atoms with Crippen molar-refractivity contribution in [2.45, 2.75) is 11.6 Å². The molecule has 168 valence electrons. The fourth-order valence-corrected chi connectivity index (χ4v) is 4.12. The monoisotopic (exact) mass is 460 g/mol. The number of hydrogen-bond acceptors (Lipinski definition) is 6. The molecule has 1 N–H and O–H groups in total. The lowest BCUT2D eigenvalue weighted by Gasteiger charge is -2.11. The van der Waals surface area contributed by atoms with Gasteiger partial charge in [0.05, 0.1) is 14.2 Å². The summed E-state index contributed by atoms with van der Waals surface area (Å²) in [5, 5.41) is 12.5. The van der Waals surface area contributed by atoms with E-state index in [9.17, 15) is 4.79 Å². The van der Waals surface area contributed by atoms with Crippen LogP contribution in [0.3, 0.4) is 0 Å². The van der Waals surface area contributed by atoms with Crippen LogP contribution in [0.25, 0.3) is 17.1 Å². The molecular weight excluding hydrogens is 436 g/mol. The van der Waals surface area contributed by atoms with Crippen LogP contribution in [0.5, 0.6) is 11.5 Å². The minimum absolute atomic E-state index is 0.0613. The second kappa shape index (κ2) is 10.7. The maximum absolute atomic E-state index is 12.4. The molecule has 0 saturated carbocycles. The van der Waals surface area contributed by atoms with Crippen LogP contribution in [0.2, 0.25) is 0 Å². The highest BCUT2D eigenvalue weighted by atomic mass is 32.2. The van der Waals surface area contributed by atoms with Crippen LogP contribution in [0.4, 0.5) is 5.69 Å². The fourth-order valence-electron chi connectivity index (χ4n) is 3.23. The van der Waals surface area contributed by atoms with E-state index in [0.29, 0.717) is 12.2 Å². The Morgan fingerprint density at radius 2 is 1.52 bits per heavy atom. The van der Waals surface area contributed by atoms with Crippen molar-refractivity contribution in [3.05, 3.63) is 78.9 Å². The summed E-state index contributed by atoms with van der Waals surface area (Å²) in [7, 11) is 3.25. The molecule has 3 aromatic carbocycles. The molecule has 33 heavy (non-hydrogen) atoms. The highest BCUT2D eigenvalue weighted by molar-refractivity contribution is 7.99. The average Bonchev–Trinajstić information content (AvgIpc) is 3.29. The van der Waals surface area contributed by atoms with Crippen molar-refractivity contribution >= 4 is 23.4 Å². The molecule has 0 spiro atoms. The van der Waals surface area contributed by atoms with Gasteiger partial charge in [0, 0.05) is 29.1 Å². The lowest BCUT2D eigenvalue weighted by molar-refractivity contribution is -0.115. The summed E-state index contributed by atoms with van der Waals surface area (Å²) in [6, 6.07) is 24.9. The maximum Gasteiger partial charge on any atom is 0.225 e. The molecule has 1 amide bonds. The second-order valence-corrected chi connectivity index (χ2v) is 8.14. The number of nitrogens with zero attached hydrogens (tertiary/aromatic N) is 3. The van der Waals surface area contributed by atoms with E-state index in [0.717, 1.165) is 39.4 Å². The van der Waals surface area contributed by atoms with Gasteiger partial charge in [0.1, 0.15) is 11.5 Å². The van der Waals surface area contributed by atoms with Gasteiger partial charge in [-0.05, 0) is 60.7 Å². The fraction of sp³-hybridized carbons (Fsp3) is 0.160. The molecule has 0 fully saturated rings. The maximum atomic E-state index is 12.4. The molecule has 0 bridgehead atoms. The van der Waals surface area contributed by atoms with Gasteiger partial charge in [-0.2, -0.15) is 0 Å². The van der Waals surface area contributed by atoms with Crippen LogP contribution in [0.1, 0.15) is 6.42 Å². The predicted molar refractivity (Wildman–Crippen MR) is 130 cm³/mol. The number of hydrogen-bond donors (Lipinski definition) is 1. The van der Waals surface area contributed by atoms with Crippen molar-refractivity contribution in [3.8, 4) is 28.6 Å². The highest BCUT2D eigenvalue weighted by Gasteiger charge is 2.16. The molecule has 0 atom stereocenters.